The van der Waals surface area contributed by atoms with Crippen LogP contribution in [0.5, 0.6) is 0 Å². The Hall–Kier alpha value is -0.180. The average Bonchev–Trinajstić information content (AvgIpc) is 1.94. The summed E-state index contributed by atoms with van der Waals surface area (Å²) < 4.78 is 0. The third-order valence-corrected chi connectivity index (χ3v) is 2.03. The zero-order valence-corrected chi connectivity index (χ0v) is 5.46. The van der Waals surface area contributed by atoms with Crippen molar-refractivity contribution in [1.29, 1.82) is 0 Å². The molecule has 0 spiro atoms. The van der Waals surface area contributed by atoms with E-state index in [0.717, 1.165) is 18.1 Å². The summed E-state index contributed by atoms with van der Waals surface area (Å²) in [6, 6.07) is 0. The lowest BCUT2D eigenvalue weighted by molar-refractivity contribution is -0.120. The minimum Gasteiger partial charge on any atom is -0.355 e. The molecule has 0 aromatic rings. The van der Waals surface area contributed by atoms with Crippen LogP contribution >= 0.6 is 11.8 Å². The largest absolute Gasteiger partial charge is 0.355 e. The fraction of sp³-hybridized carbons (Fsp3) is 0.800. The number of nitrogens with one attached hydrogen (secondary N) is 1. The van der Waals surface area contributed by atoms with E-state index in [4.69, 9.17) is 0 Å². The van der Waals surface area contributed by atoms with Gasteiger partial charge in [-0.15, -0.1) is 0 Å². The van der Waals surface area contributed by atoms with Crippen molar-refractivity contribution >= 4 is 17.7 Å². The van der Waals surface area contributed by atoms with Crippen molar-refractivity contribution in [1.82, 2.24) is 5.32 Å². The molecular weight excluding hydrogens is 122 g/mol. The van der Waals surface area contributed by atoms with Crippen molar-refractivity contribution in [2.45, 2.75) is 6.42 Å². The second-order valence-electron chi connectivity index (χ2n) is 1.71. The van der Waals surface area contributed by atoms with Gasteiger partial charge >= 0.3 is 0 Å². The van der Waals surface area contributed by atoms with Crippen molar-refractivity contribution in [2.24, 2.45) is 0 Å². The minimum atomic E-state index is 0.204. The molecule has 0 aromatic heterocycles. The Morgan fingerprint density at radius 1 is 1.50 bits per heavy atom. The van der Waals surface area contributed by atoms with Gasteiger partial charge in [0.15, 0.2) is 0 Å². The maximum atomic E-state index is 10.6. The molecule has 0 unspecified atom stereocenters. The number of rotatable bonds is 0. The maximum Gasteiger partial charge on any atom is 0.220 e. The van der Waals surface area contributed by atoms with Crippen LogP contribution in [0.15, 0.2) is 0 Å². The van der Waals surface area contributed by atoms with E-state index in [0.29, 0.717) is 6.42 Å². The van der Waals surface area contributed by atoms with Crippen LogP contribution in [0.4, 0.5) is 0 Å². The van der Waals surface area contributed by atoms with E-state index >= 15 is 0 Å². The Morgan fingerprint density at radius 2 is 2.38 bits per heavy atom. The molecule has 1 aliphatic rings. The molecule has 3 heteroatoms. The fourth-order valence-electron chi connectivity index (χ4n) is 0.618. The third-order valence-electron chi connectivity index (χ3n) is 1.04. The van der Waals surface area contributed by atoms with Gasteiger partial charge in [0.2, 0.25) is 5.91 Å². The highest BCUT2D eigenvalue weighted by molar-refractivity contribution is 7.99. The highest BCUT2D eigenvalue weighted by atomic mass is 32.2. The predicted octanol–water partition coefficient (Wildman–Crippen LogP) is 0.240. The maximum absolute atomic E-state index is 10.6. The molecule has 1 amide bonds. The summed E-state index contributed by atoms with van der Waals surface area (Å²) in [6.07, 6.45) is 0.699. The van der Waals surface area contributed by atoms with Crippen molar-refractivity contribution in [3.05, 3.63) is 0 Å². The van der Waals surface area contributed by atoms with Crippen LogP contribution in [-0.2, 0) is 4.79 Å². The van der Waals surface area contributed by atoms with Gasteiger partial charge < -0.3 is 5.32 Å². The number of hydrogen-bond acceptors (Lipinski definition) is 2. The number of carbonyl (C=O) groups excluding carboxylic acids is 1. The molecule has 46 valence electrons. The number of amides is 1. The van der Waals surface area contributed by atoms with Gasteiger partial charge in [-0.1, -0.05) is 0 Å². The molecule has 0 atom stereocenters. The quantitative estimate of drug-likeness (QED) is 0.510. The van der Waals surface area contributed by atoms with E-state index in [1.54, 1.807) is 0 Å². The zero-order valence-electron chi connectivity index (χ0n) is 4.64. The second-order valence-corrected chi connectivity index (χ2v) is 2.94. The highest BCUT2D eigenvalue weighted by Crippen LogP contribution is 2.03. The van der Waals surface area contributed by atoms with Gasteiger partial charge in [-0.3, -0.25) is 4.79 Å². The molecule has 8 heavy (non-hydrogen) atoms. The summed E-state index contributed by atoms with van der Waals surface area (Å²) >= 11 is 1.84. The first-order chi connectivity index (χ1) is 3.89. The first kappa shape index (κ1) is 5.95. The Bertz CT molecular complexity index is 84.4. The summed E-state index contributed by atoms with van der Waals surface area (Å²) in [5.74, 6) is 2.27. The molecule has 0 radical (unpaired) electrons. The van der Waals surface area contributed by atoms with Gasteiger partial charge in [0.1, 0.15) is 0 Å². The first-order valence-electron chi connectivity index (χ1n) is 2.74. The van der Waals surface area contributed by atoms with Crippen LogP contribution in [0.2, 0.25) is 0 Å². The van der Waals surface area contributed by atoms with Crippen LogP contribution < -0.4 is 5.32 Å². The van der Waals surface area contributed by atoms with E-state index in [9.17, 15) is 4.79 Å². The molecule has 1 aliphatic heterocycles. The van der Waals surface area contributed by atoms with E-state index in [1.165, 1.54) is 0 Å². The molecule has 1 N–H and O–H groups in total. The lowest BCUT2D eigenvalue weighted by atomic mass is 10.4. The van der Waals surface area contributed by atoms with Gasteiger partial charge in [0.25, 0.3) is 0 Å². The van der Waals surface area contributed by atoms with Crippen LogP contribution in [0.3, 0.4) is 0 Å². The minimum absolute atomic E-state index is 0.204. The monoisotopic (exact) mass is 131 g/mol. The van der Waals surface area contributed by atoms with Crippen molar-refractivity contribution < 1.29 is 4.79 Å². The summed E-state index contributed by atoms with van der Waals surface area (Å²) in [7, 11) is 0. The molecule has 0 aromatic carbocycles. The van der Waals surface area contributed by atoms with Crippen molar-refractivity contribution in [3.8, 4) is 0 Å². The fourth-order valence-corrected chi connectivity index (χ4v) is 1.40. The number of carbonyl (C=O) groups is 1. The molecule has 1 saturated heterocycles. The average molecular weight is 131 g/mol. The molecule has 0 aliphatic carbocycles. The van der Waals surface area contributed by atoms with Crippen molar-refractivity contribution in [2.75, 3.05) is 18.1 Å². The SMILES string of the molecule is O=C1CCSCCN1. The van der Waals surface area contributed by atoms with E-state index in [2.05, 4.69) is 5.32 Å². The van der Waals surface area contributed by atoms with E-state index in [-0.39, 0.29) is 5.91 Å². The van der Waals surface area contributed by atoms with Crippen molar-refractivity contribution in [3.63, 3.8) is 0 Å². The lowest BCUT2D eigenvalue weighted by Crippen LogP contribution is -2.22. The summed E-state index contributed by atoms with van der Waals surface area (Å²) in [4.78, 5) is 10.6. The van der Waals surface area contributed by atoms with Crippen LogP contribution in [0.25, 0.3) is 0 Å². The van der Waals surface area contributed by atoms with E-state index in [1.807, 2.05) is 11.8 Å². The molecular formula is C5H9NOS. The van der Waals surface area contributed by atoms with Crippen LogP contribution in [0.1, 0.15) is 6.42 Å². The summed E-state index contributed by atoms with van der Waals surface area (Å²) in [5.41, 5.74) is 0. The summed E-state index contributed by atoms with van der Waals surface area (Å²) in [5, 5.41) is 2.78. The summed E-state index contributed by atoms with van der Waals surface area (Å²) in [6.45, 7) is 0.851. The predicted molar refractivity (Wildman–Crippen MR) is 35.0 cm³/mol. The molecule has 0 bridgehead atoms. The second kappa shape index (κ2) is 2.97. The first-order valence-corrected chi connectivity index (χ1v) is 3.89. The molecule has 2 nitrogen and oxygen atoms in total. The standard InChI is InChI=1S/C5H9NOS/c7-5-1-3-8-4-2-6-5/h1-4H2,(H,6,7). The Morgan fingerprint density at radius 3 is 3.25 bits per heavy atom. The van der Waals surface area contributed by atoms with Crippen LogP contribution in [-0.4, -0.2) is 24.0 Å². The topological polar surface area (TPSA) is 29.1 Å². The lowest BCUT2D eigenvalue weighted by Gasteiger charge is -1.93. The highest BCUT2D eigenvalue weighted by Gasteiger charge is 2.03. The van der Waals surface area contributed by atoms with Crippen LogP contribution in [0, 0.1) is 0 Å². The van der Waals surface area contributed by atoms with Gasteiger partial charge in [-0.05, 0) is 0 Å². The van der Waals surface area contributed by atoms with E-state index < -0.39 is 0 Å². The normalized spacial score (nSPS) is 21.8. The molecule has 1 fully saturated rings. The van der Waals surface area contributed by atoms with Gasteiger partial charge in [0.05, 0.1) is 0 Å². The van der Waals surface area contributed by atoms with Gasteiger partial charge in [0, 0.05) is 24.5 Å². The molecule has 1 heterocycles. The number of hydrogen-bond donors (Lipinski definition) is 1. The smallest absolute Gasteiger partial charge is 0.220 e. The van der Waals surface area contributed by atoms with Gasteiger partial charge in [-0.2, -0.15) is 11.8 Å². The van der Waals surface area contributed by atoms with Gasteiger partial charge in [-0.25, -0.2) is 0 Å². The molecule has 0 saturated carbocycles. The Labute approximate surface area is 53.0 Å². The Kier molecular flexibility index (Phi) is 2.21. The molecule has 1 rings (SSSR count). The zero-order chi connectivity index (χ0) is 5.82. The Balaban J connectivity index is 2.27. The number of thioether (sulfide) groups is 1. The third kappa shape index (κ3) is 1.74.